The summed E-state index contributed by atoms with van der Waals surface area (Å²) in [5, 5.41) is 0. The topological polar surface area (TPSA) is 38.5 Å². The maximum atomic E-state index is 5.82. The summed E-state index contributed by atoms with van der Waals surface area (Å²) >= 11 is 0. The summed E-state index contributed by atoms with van der Waals surface area (Å²) in [5.74, 6) is 0.930. The van der Waals surface area contributed by atoms with Crippen LogP contribution in [0.4, 0.5) is 0 Å². The lowest BCUT2D eigenvalue weighted by Crippen LogP contribution is -2.28. The second-order valence-electron chi connectivity index (χ2n) is 4.19. The van der Waals surface area contributed by atoms with Crippen LogP contribution in [0.15, 0.2) is 18.2 Å². The lowest BCUT2D eigenvalue weighted by atomic mass is 10.1. The molecule has 0 aliphatic carbocycles. The zero-order chi connectivity index (χ0) is 12.7. The zero-order valence-electron chi connectivity index (χ0n) is 11.2. The first kappa shape index (κ1) is 14.0. The van der Waals surface area contributed by atoms with Crippen molar-refractivity contribution in [1.29, 1.82) is 0 Å². The van der Waals surface area contributed by atoms with Gasteiger partial charge in [0.25, 0.3) is 0 Å². The Morgan fingerprint density at radius 1 is 1.24 bits per heavy atom. The largest absolute Gasteiger partial charge is 0.492 e. The van der Waals surface area contributed by atoms with Crippen LogP contribution in [-0.2, 0) is 6.54 Å². The molecule has 3 heteroatoms. The van der Waals surface area contributed by atoms with Crippen LogP contribution in [0.5, 0.6) is 5.75 Å². The van der Waals surface area contributed by atoms with Crippen LogP contribution < -0.4 is 10.5 Å². The standard InChI is InChI=1S/C14H24N2O/c1-4-16(5-2)8-9-17-14-10-12(3)6-7-13(14)11-15/h6-7,10H,4-5,8-9,11,15H2,1-3H3. The smallest absolute Gasteiger partial charge is 0.124 e. The average molecular weight is 236 g/mol. The molecule has 17 heavy (non-hydrogen) atoms. The van der Waals surface area contributed by atoms with E-state index >= 15 is 0 Å². The fraction of sp³-hybridized carbons (Fsp3) is 0.571. The molecule has 96 valence electrons. The summed E-state index contributed by atoms with van der Waals surface area (Å²) in [7, 11) is 0. The first-order valence-corrected chi connectivity index (χ1v) is 6.36. The number of hydrogen-bond acceptors (Lipinski definition) is 3. The van der Waals surface area contributed by atoms with Crippen molar-refractivity contribution in [3.63, 3.8) is 0 Å². The van der Waals surface area contributed by atoms with Gasteiger partial charge < -0.3 is 15.4 Å². The third-order valence-corrected chi connectivity index (χ3v) is 3.00. The Kier molecular flexibility index (Phi) is 6.01. The van der Waals surface area contributed by atoms with Crippen LogP contribution in [0, 0.1) is 6.92 Å². The Hall–Kier alpha value is -1.06. The van der Waals surface area contributed by atoms with E-state index in [2.05, 4.69) is 37.8 Å². The van der Waals surface area contributed by atoms with Gasteiger partial charge in [-0.05, 0) is 31.6 Å². The molecular formula is C14H24N2O. The van der Waals surface area contributed by atoms with Crippen molar-refractivity contribution in [2.24, 2.45) is 5.73 Å². The maximum Gasteiger partial charge on any atom is 0.124 e. The Morgan fingerprint density at radius 2 is 1.94 bits per heavy atom. The minimum Gasteiger partial charge on any atom is -0.492 e. The molecule has 0 aromatic heterocycles. The quantitative estimate of drug-likeness (QED) is 0.788. The summed E-state index contributed by atoms with van der Waals surface area (Å²) in [4.78, 5) is 2.35. The molecule has 2 N–H and O–H groups in total. The maximum absolute atomic E-state index is 5.82. The van der Waals surface area contributed by atoms with E-state index in [1.54, 1.807) is 0 Å². The van der Waals surface area contributed by atoms with Gasteiger partial charge in [0.1, 0.15) is 12.4 Å². The second-order valence-corrected chi connectivity index (χ2v) is 4.19. The second kappa shape index (κ2) is 7.30. The van der Waals surface area contributed by atoms with Gasteiger partial charge in [-0.15, -0.1) is 0 Å². The third kappa shape index (κ3) is 4.36. The SMILES string of the molecule is CCN(CC)CCOc1cc(C)ccc1CN. The number of hydrogen-bond donors (Lipinski definition) is 1. The van der Waals surface area contributed by atoms with Gasteiger partial charge in [0.05, 0.1) is 0 Å². The van der Waals surface area contributed by atoms with Gasteiger partial charge in [0.15, 0.2) is 0 Å². The number of benzene rings is 1. The van der Waals surface area contributed by atoms with Crippen molar-refractivity contribution in [3.8, 4) is 5.75 Å². The molecule has 0 aliphatic heterocycles. The van der Waals surface area contributed by atoms with Gasteiger partial charge in [-0.3, -0.25) is 0 Å². The lowest BCUT2D eigenvalue weighted by Gasteiger charge is -2.19. The molecule has 0 spiro atoms. The molecule has 0 bridgehead atoms. The van der Waals surface area contributed by atoms with Crippen LogP contribution in [0.25, 0.3) is 0 Å². The third-order valence-electron chi connectivity index (χ3n) is 3.00. The van der Waals surface area contributed by atoms with Crippen molar-refractivity contribution in [3.05, 3.63) is 29.3 Å². The summed E-state index contributed by atoms with van der Waals surface area (Å²) < 4.78 is 5.82. The van der Waals surface area contributed by atoms with Crippen LogP contribution in [0.1, 0.15) is 25.0 Å². The van der Waals surface area contributed by atoms with E-state index in [0.29, 0.717) is 6.54 Å². The van der Waals surface area contributed by atoms with Crippen molar-refractivity contribution in [2.45, 2.75) is 27.3 Å². The van der Waals surface area contributed by atoms with Crippen LogP contribution in [0.3, 0.4) is 0 Å². The van der Waals surface area contributed by atoms with E-state index in [4.69, 9.17) is 10.5 Å². The Bertz CT molecular complexity index is 335. The monoisotopic (exact) mass is 236 g/mol. The number of nitrogens with zero attached hydrogens (tertiary/aromatic N) is 1. The molecule has 1 aromatic rings. The molecular weight excluding hydrogens is 212 g/mol. The molecule has 0 fully saturated rings. The van der Waals surface area contributed by atoms with Crippen LogP contribution in [0.2, 0.25) is 0 Å². The Morgan fingerprint density at radius 3 is 2.53 bits per heavy atom. The molecule has 3 nitrogen and oxygen atoms in total. The van der Waals surface area contributed by atoms with Gasteiger partial charge in [0, 0.05) is 18.7 Å². The van der Waals surface area contributed by atoms with E-state index in [9.17, 15) is 0 Å². The van der Waals surface area contributed by atoms with E-state index in [-0.39, 0.29) is 0 Å². The van der Waals surface area contributed by atoms with Gasteiger partial charge in [0.2, 0.25) is 0 Å². The van der Waals surface area contributed by atoms with Gasteiger partial charge >= 0.3 is 0 Å². The predicted molar refractivity (Wildman–Crippen MR) is 72.4 cm³/mol. The minimum atomic E-state index is 0.529. The molecule has 0 saturated heterocycles. The number of rotatable bonds is 7. The molecule has 0 amide bonds. The summed E-state index contributed by atoms with van der Waals surface area (Å²) in [5.41, 5.74) is 7.98. The zero-order valence-corrected chi connectivity index (χ0v) is 11.2. The van der Waals surface area contributed by atoms with Crippen LogP contribution >= 0.6 is 0 Å². The summed E-state index contributed by atoms with van der Waals surface area (Å²) in [6, 6.07) is 6.17. The predicted octanol–water partition coefficient (Wildman–Crippen LogP) is 2.17. The molecule has 1 aromatic carbocycles. The van der Waals surface area contributed by atoms with Crippen molar-refractivity contribution < 1.29 is 4.74 Å². The fourth-order valence-electron chi connectivity index (χ4n) is 1.79. The Balaban J connectivity index is 2.53. The van der Waals surface area contributed by atoms with Crippen molar-refractivity contribution >= 4 is 0 Å². The van der Waals surface area contributed by atoms with Gasteiger partial charge in [-0.25, -0.2) is 0 Å². The highest BCUT2D eigenvalue weighted by atomic mass is 16.5. The average Bonchev–Trinajstić information content (AvgIpc) is 2.35. The number of nitrogens with two attached hydrogens (primary N) is 1. The molecule has 0 unspecified atom stereocenters. The molecule has 1 rings (SSSR count). The highest BCUT2D eigenvalue weighted by Gasteiger charge is 2.04. The highest BCUT2D eigenvalue weighted by Crippen LogP contribution is 2.19. The van der Waals surface area contributed by atoms with E-state index < -0.39 is 0 Å². The van der Waals surface area contributed by atoms with E-state index in [1.165, 1.54) is 5.56 Å². The van der Waals surface area contributed by atoms with Gasteiger partial charge in [-0.1, -0.05) is 26.0 Å². The van der Waals surface area contributed by atoms with Crippen molar-refractivity contribution in [1.82, 2.24) is 4.90 Å². The molecule has 0 aliphatic rings. The van der Waals surface area contributed by atoms with E-state index in [1.807, 2.05) is 6.07 Å². The number of likely N-dealkylation sites (N-methyl/N-ethyl adjacent to an activating group) is 1. The summed E-state index contributed by atoms with van der Waals surface area (Å²) in [6.45, 7) is 10.7. The van der Waals surface area contributed by atoms with E-state index in [0.717, 1.165) is 37.6 Å². The minimum absolute atomic E-state index is 0.529. The number of aryl methyl sites for hydroxylation is 1. The Labute approximate surface area is 105 Å². The molecule has 0 heterocycles. The molecule has 0 radical (unpaired) electrons. The lowest BCUT2D eigenvalue weighted by molar-refractivity contribution is 0.221. The summed E-state index contributed by atoms with van der Waals surface area (Å²) in [6.07, 6.45) is 0. The van der Waals surface area contributed by atoms with Crippen molar-refractivity contribution in [2.75, 3.05) is 26.2 Å². The van der Waals surface area contributed by atoms with Crippen LogP contribution in [-0.4, -0.2) is 31.1 Å². The normalized spacial score (nSPS) is 10.9. The highest BCUT2D eigenvalue weighted by molar-refractivity contribution is 5.36. The fourth-order valence-corrected chi connectivity index (χ4v) is 1.79. The molecule has 0 atom stereocenters. The first-order valence-electron chi connectivity index (χ1n) is 6.36. The first-order chi connectivity index (χ1) is 8.21. The number of ether oxygens (including phenoxy) is 1. The van der Waals surface area contributed by atoms with Gasteiger partial charge in [-0.2, -0.15) is 0 Å². The molecule has 0 saturated carbocycles.